The van der Waals surface area contributed by atoms with Crippen LogP contribution in [-0.2, 0) is 0 Å². The number of halogens is 2. The number of hydrogen-bond acceptors (Lipinski definition) is 6. The lowest BCUT2D eigenvalue weighted by atomic mass is 10.2. The van der Waals surface area contributed by atoms with Crippen LogP contribution >= 0.6 is 34.5 Å². The zero-order valence-electron chi connectivity index (χ0n) is 16.2. The molecule has 0 bridgehead atoms. The number of thiazole rings is 1. The Hall–Kier alpha value is -2.61. The molecule has 0 aliphatic carbocycles. The van der Waals surface area contributed by atoms with Gasteiger partial charge < -0.3 is 9.47 Å². The first-order valence-corrected chi connectivity index (χ1v) is 10.8. The van der Waals surface area contributed by atoms with Crippen LogP contribution in [0, 0.1) is 0 Å². The quantitative estimate of drug-likeness (QED) is 0.423. The summed E-state index contributed by atoms with van der Waals surface area (Å²) < 4.78 is 13.0. The molecule has 0 aliphatic heterocycles. The van der Waals surface area contributed by atoms with Crippen LogP contribution < -0.4 is 19.6 Å². The van der Waals surface area contributed by atoms with Crippen LogP contribution in [0.5, 0.6) is 11.5 Å². The lowest BCUT2D eigenvalue weighted by molar-refractivity contribution is 0.287. The van der Waals surface area contributed by atoms with Crippen molar-refractivity contribution in [2.45, 2.75) is 13.8 Å². The lowest BCUT2D eigenvalue weighted by Gasteiger charge is -2.11. The minimum absolute atomic E-state index is 0.245. The molecule has 2 aromatic heterocycles. The zero-order valence-corrected chi connectivity index (χ0v) is 18.5. The largest absolute Gasteiger partial charge is 0.490 e. The van der Waals surface area contributed by atoms with Gasteiger partial charge in [0.1, 0.15) is 0 Å². The van der Waals surface area contributed by atoms with Crippen molar-refractivity contribution < 1.29 is 9.47 Å². The van der Waals surface area contributed by atoms with Gasteiger partial charge in [0.15, 0.2) is 17.3 Å². The maximum Gasteiger partial charge on any atom is 0.291 e. The van der Waals surface area contributed by atoms with Crippen LogP contribution in [0.4, 0.5) is 0 Å². The van der Waals surface area contributed by atoms with Crippen LogP contribution in [-0.4, -0.2) is 27.8 Å². The zero-order chi connectivity index (χ0) is 21.3. The summed E-state index contributed by atoms with van der Waals surface area (Å²) in [5.41, 5.74) is 1.20. The highest BCUT2D eigenvalue weighted by Crippen LogP contribution is 2.30. The first kappa shape index (κ1) is 20.7. The van der Waals surface area contributed by atoms with Crippen molar-refractivity contribution in [3.05, 3.63) is 66.9 Å². The summed E-state index contributed by atoms with van der Waals surface area (Å²) >= 11 is 13.4. The summed E-state index contributed by atoms with van der Waals surface area (Å²) in [6.45, 7) is 4.89. The molecule has 2 heterocycles. The van der Waals surface area contributed by atoms with Gasteiger partial charge in [0.25, 0.3) is 5.56 Å². The van der Waals surface area contributed by atoms with E-state index in [0.29, 0.717) is 55.6 Å². The molecule has 0 spiro atoms. The van der Waals surface area contributed by atoms with Gasteiger partial charge in [0, 0.05) is 10.6 Å². The van der Waals surface area contributed by atoms with E-state index in [9.17, 15) is 4.79 Å². The van der Waals surface area contributed by atoms with Gasteiger partial charge in [0.2, 0.25) is 4.96 Å². The van der Waals surface area contributed by atoms with E-state index in [2.05, 4.69) is 10.1 Å². The van der Waals surface area contributed by atoms with Gasteiger partial charge >= 0.3 is 0 Å². The monoisotopic (exact) mass is 461 g/mol. The molecule has 0 saturated carbocycles. The van der Waals surface area contributed by atoms with Crippen LogP contribution in [0.15, 0.2) is 41.2 Å². The average molecular weight is 462 g/mol. The van der Waals surface area contributed by atoms with Crippen molar-refractivity contribution >= 4 is 45.6 Å². The van der Waals surface area contributed by atoms with Gasteiger partial charge in [-0.3, -0.25) is 4.79 Å². The van der Waals surface area contributed by atoms with Crippen LogP contribution in [0.3, 0.4) is 0 Å². The van der Waals surface area contributed by atoms with Crippen LogP contribution in [0.2, 0.25) is 10.0 Å². The Labute approximate surface area is 186 Å². The number of rotatable bonds is 6. The van der Waals surface area contributed by atoms with Gasteiger partial charge in [0.05, 0.1) is 22.8 Å². The molecule has 0 saturated heterocycles. The number of hydrogen-bond donors (Lipinski definition) is 0. The van der Waals surface area contributed by atoms with Gasteiger partial charge in [-0.1, -0.05) is 40.6 Å². The van der Waals surface area contributed by atoms with E-state index >= 15 is 0 Å². The molecular weight excluding hydrogens is 445 g/mol. The minimum Gasteiger partial charge on any atom is -0.490 e. The minimum atomic E-state index is -0.245. The van der Waals surface area contributed by atoms with Crippen LogP contribution in [0.1, 0.15) is 19.4 Å². The highest BCUT2D eigenvalue weighted by Gasteiger charge is 2.15. The molecule has 0 fully saturated rings. The standard InChI is InChI=1S/C21H17Cl2N3O3S/c1-3-28-16-8-5-12(9-17(16)29-4-2)10-18-20(27)26-21(30-18)24-19(25-26)14-7-6-13(22)11-15(14)23/h5-11H,3-4H2,1-2H3. The molecule has 0 atom stereocenters. The molecule has 30 heavy (non-hydrogen) atoms. The molecule has 4 rings (SSSR count). The molecule has 154 valence electrons. The first-order valence-electron chi connectivity index (χ1n) is 9.26. The number of nitrogens with zero attached hydrogens (tertiary/aromatic N) is 3. The Morgan fingerprint density at radius 1 is 1.07 bits per heavy atom. The Morgan fingerprint density at radius 3 is 2.53 bits per heavy atom. The molecule has 0 aliphatic rings. The van der Waals surface area contributed by atoms with Crippen molar-refractivity contribution in [3.63, 3.8) is 0 Å². The molecule has 9 heteroatoms. The van der Waals surface area contributed by atoms with Crippen LogP contribution in [0.25, 0.3) is 22.4 Å². The van der Waals surface area contributed by atoms with Crippen molar-refractivity contribution in [2.75, 3.05) is 13.2 Å². The van der Waals surface area contributed by atoms with Gasteiger partial charge in [-0.25, -0.2) is 0 Å². The van der Waals surface area contributed by atoms with E-state index in [0.717, 1.165) is 5.56 Å². The number of benzene rings is 2. The lowest BCUT2D eigenvalue weighted by Crippen LogP contribution is -2.23. The normalized spacial score (nSPS) is 11.9. The van der Waals surface area contributed by atoms with E-state index in [-0.39, 0.29) is 5.56 Å². The predicted molar refractivity (Wildman–Crippen MR) is 120 cm³/mol. The Kier molecular flexibility index (Phi) is 5.94. The van der Waals surface area contributed by atoms with Gasteiger partial charge in [-0.15, -0.1) is 5.10 Å². The van der Waals surface area contributed by atoms with E-state index in [1.165, 1.54) is 15.9 Å². The van der Waals surface area contributed by atoms with E-state index in [4.69, 9.17) is 32.7 Å². The Morgan fingerprint density at radius 2 is 1.83 bits per heavy atom. The summed E-state index contributed by atoms with van der Waals surface area (Å²) in [5.74, 6) is 1.69. The molecule has 0 radical (unpaired) electrons. The SMILES string of the molecule is CCOc1ccc(C=c2sc3nc(-c4ccc(Cl)cc4Cl)nn3c2=O)cc1OCC. The van der Waals surface area contributed by atoms with E-state index in [1.54, 1.807) is 24.3 Å². The molecule has 0 unspecified atom stereocenters. The summed E-state index contributed by atoms with van der Waals surface area (Å²) in [4.78, 5) is 17.8. The maximum absolute atomic E-state index is 12.8. The Bertz CT molecular complexity index is 1330. The second-order valence-corrected chi connectivity index (χ2v) is 8.09. The summed E-state index contributed by atoms with van der Waals surface area (Å²) in [5, 5.41) is 5.28. The fraction of sp³-hybridized carbons (Fsp3) is 0.190. The third kappa shape index (κ3) is 4.01. The topological polar surface area (TPSA) is 65.7 Å². The number of ether oxygens (including phenoxy) is 2. The fourth-order valence-corrected chi connectivity index (χ4v) is 4.33. The fourth-order valence-electron chi connectivity index (χ4n) is 2.93. The van der Waals surface area contributed by atoms with Crippen molar-refractivity contribution in [1.29, 1.82) is 0 Å². The Balaban J connectivity index is 1.74. The summed E-state index contributed by atoms with van der Waals surface area (Å²) in [6, 6.07) is 10.6. The maximum atomic E-state index is 12.8. The average Bonchev–Trinajstić information content (AvgIpc) is 3.24. The van der Waals surface area contributed by atoms with E-state index in [1.807, 2.05) is 32.0 Å². The number of aromatic nitrogens is 3. The van der Waals surface area contributed by atoms with Crippen molar-refractivity contribution in [3.8, 4) is 22.9 Å². The van der Waals surface area contributed by atoms with E-state index < -0.39 is 0 Å². The first-order chi connectivity index (χ1) is 14.5. The van der Waals surface area contributed by atoms with Crippen molar-refractivity contribution in [2.24, 2.45) is 0 Å². The number of fused-ring (bicyclic) bond motifs is 1. The third-order valence-corrected chi connectivity index (χ3v) is 5.73. The molecular formula is C21H17Cl2N3O3S. The van der Waals surface area contributed by atoms with Crippen molar-refractivity contribution in [1.82, 2.24) is 14.6 Å². The van der Waals surface area contributed by atoms with Gasteiger partial charge in [-0.05, 0) is 55.8 Å². The second kappa shape index (κ2) is 8.63. The third-order valence-electron chi connectivity index (χ3n) is 4.22. The second-order valence-electron chi connectivity index (χ2n) is 6.24. The predicted octanol–water partition coefficient (Wildman–Crippen LogP) is 4.47. The highest BCUT2D eigenvalue weighted by atomic mass is 35.5. The molecule has 0 amide bonds. The molecule has 0 N–H and O–H groups in total. The van der Waals surface area contributed by atoms with Gasteiger partial charge in [-0.2, -0.15) is 9.50 Å². The summed E-state index contributed by atoms with van der Waals surface area (Å²) in [6.07, 6.45) is 1.79. The highest BCUT2D eigenvalue weighted by molar-refractivity contribution is 7.15. The molecule has 6 nitrogen and oxygen atoms in total. The smallest absolute Gasteiger partial charge is 0.291 e. The molecule has 2 aromatic carbocycles. The summed E-state index contributed by atoms with van der Waals surface area (Å²) in [7, 11) is 0. The molecule has 4 aromatic rings.